The molecule has 14 heavy (non-hydrogen) atoms. The number of nitrogens with zero attached hydrogens (tertiary/aromatic N) is 1. The second-order valence-electron chi connectivity index (χ2n) is 2.80. The number of hydrogen-bond acceptors (Lipinski definition) is 4. The third-order valence-electron chi connectivity index (χ3n) is 1.77. The molecule has 0 N–H and O–H groups in total. The van der Waals surface area contributed by atoms with Gasteiger partial charge in [0.15, 0.2) is 5.62 Å². The van der Waals surface area contributed by atoms with Gasteiger partial charge >= 0.3 is 0 Å². The third kappa shape index (κ3) is 2.96. The van der Waals surface area contributed by atoms with Crippen LogP contribution in [0.5, 0.6) is 0 Å². The summed E-state index contributed by atoms with van der Waals surface area (Å²) in [7, 11) is 2.03. The molecule has 0 fully saturated rings. The van der Waals surface area contributed by atoms with Gasteiger partial charge in [-0.1, -0.05) is 23.9 Å². The van der Waals surface area contributed by atoms with Crippen molar-refractivity contribution in [2.24, 2.45) is 0 Å². The maximum absolute atomic E-state index is 10.4. The molecule has 0 spiro atoms. The van der Waals surface area contributed by atoms with Gasteiger partial charge in [-0.15, -0.1) is 11.8 Å². The van der Waals surface area contributed by atoms with Crippen LogP contribution in [0.4, 0.5) is 5.69 Å². The molecule has 0 saturated heterocycles. The zero-order chi connectivity index (χ0) is 10.4. The first-order valence-corrected chi connectivity index (χ1v) is 6.46. The van der Waals surface area contributed by atoms with Crippen molar-refractivity contribution in [3.8, 4) is 0 Å². The maximum atomic E-state index is 10.4. The van der Waals surface area contributed by atoms with Gasteiger partial charge in [0.2, 0.25) is 0 Å². The fourth-order valence-corrected chi connectivity index (χ4v) is 2.32. The lowest BCUT2D eigenvalue weighted by molar-refractivity contribution is 0.570. The van der Waals surface area contributed by atoms with E-state index in [1.807, 2.05) is 31.3 Å². The molecule has 1 aromatic rings. The van der Waals surface area contributed by atoms with E-state index in [1.165, 1.54) is 11.8 Å². The summed E-state index contributed by atoms with van der Waals surface area (Å²) in [4.78, 5) is 13.6. The van der Waals surface area contributed by atoms with Crippen LogP contribution in [0.3, 0.4) is 0 Å². The highest BCUT2D eigenvalue weighted by atomic mass is 32.2. The summed E-state index contributed by atoms with van der Waals surface area (Å²) >= 11 is 2.98. The van der Waals surface area contributed by atoms with Crippen LogP contribution in [0, 0.1) is 0 Å². The van der Waals surface area contributed by atoms with Gasteiger partial charge in [-0.3, -0.25) is 4.79 Å². The topological polar surface area (TPSA) is 20.3 Å². The van der Waals surface area contributed by atoms with E-state index in [2.05, 4.69) is 11.2 Å². The molecular formula is C10H13NOS2. The Kier molecular flexibility index (Phi) is 4.90. The smallest absolute Gasteiger partial charge is 0.181 e. The average molecular weight is 227 g/mol. The summed E-state index contributed by atoms with van der Waals surface area (Å²) in [6.07, 6.45) is 2.06. The molecular weight excluding hydrogens is 214 g/mol. The molecule has 0 bridgehead atoms. The van der Waals surface area contributed by atoms with Crippen molar-refractivity contribution in [1.82, 2.24) is 0 Å². The SMILES string of the molecule is CSCN(C)c1ccccc1SC=O. The van der Waals surface area contributed by atoms with Crippen molar-refractivity contribution in [1.29, 1.82) is 0 Å². The molecule has 0 radical (unpaired) electrons. The quantitative estimate of drug-likeness (QED) is 0.438. The van der Waals surface area contributed by atoms with E-state index in [9.17, 15) is 4.79 Å². The largest absolute Gasteiger partial charge is 0.364 e. The Balaban J connectivity index is 2.87. The van der Waals surface area contributed by atoms with Crippen molar-refractivity contribution in [3.05, 3.63) is 24.3 Å². The van der Waals surface area contributed by atoms with Crippen molar-refractivity contribution >= 4 is 34.8 Å². The minimum atomic E-state index is 0.867. The summed E-state index contributed by atoms with van der Waals surface area (Å²) in [5.74, 6) is 0.927. The second kappa shape index (κ2) is 5.98. The predicted molar refractivity (Wildman–Crippen MR) is 65.8 cm³/mol. The number of anilines is 1. The van der Waals surface area contributed by atoms with E-state index in [0.717, 1.165) is 22.1 Å². The summed E-state index contributed by atoms with van der Waals surface area (Å²) in [5, 5.41) is 0. The molecule has 2 nitrogen and oxygen atoms in total. The van der Waals surface area contributed by atoms with Crippen molar-refractivity contribution < 1.29 is 4.79 Å². The highest BCUT2D eigenvalue weighted by Crippen LogP contribution is 2.28. The second-order valence-corrected chi connectivity index (χ2v) is 4.50. The van der Waals surface area contributed by atoms with Gasteiger partial charge in [0.25, 0.3) is 0 Å². The van der Waals surface area contributed by atoms with Gasteiger partial charge in [-0.05, 0) is 18.4 Å². The zero-order valence-electron chi connectivity index (χ0n) is 8.27. The molecule has 0 aromatic heterocycles. The monoisotopic (exact) mass is 227 g/mol. The molecule has 0 aliphatic heterocycles. The third-order valence-corrected chi connectivity index (χ3v) is 3.12. The van der Waals surface area contributed by atoms with Gasteiger partial charge in [0.05, 0.1) is 11.6 Å². The summed E-state index contributed by atoms with van der Waals surface area (Å²) in [6.45, 7) is 0. The Labute approximate surface area is 93.1 Å². The Hall–Kier alpha value is -0.610. The Bertz CT molecular complexity index is 304. The predicted octanol–water partition coefficient (Wildman–Crippen LogP) is 2.73. The molecule has 0 heterocycles. The highest BCUT2D eigenvalue weighted by molar-refractivity contribution is 8.12. The molecule has 1 rings (SSSR count). The van der Waals surface area contributed by atoms with E-state index in [-0.39, 0.29) is 0 Å². The normalized spacial score (nSPS) is 9.86. The van der Waals surface area contributed by atoms with Gasteiger partial charge in [-0.25, -0.2) is 0 Å². The maximum Gasteiger partial charge on any atom is 0.181 e. The molecule has 0 amide bonds. The number of rotatable bonds is 5. The van der Waals surface area contributed by atoms with Gasteiger partial charge in [-0.2, -0.15) is 0 Å². The number of benzene rings is 1. The Morgan fingerprint density at radius 2 is 2.14 bits per heavy atom. The van der Waals surface area contributed by atoms with Crippen LogP contribution < -0.4 is 4.90 Å². The number of carbonyl (C=O) groups is 1. The first kappa shape index (κ1) is 11.5. The Morgan fingerprint density at radius 3 is 2.79 bits per heavy atom. The van der Waals surface area contributed by atoms with Gasteiger partial charge in [0, 0.05) is 11.9 Å². The number of hydrogen-bond donors (Lipinski definition) is 0. The fraction of sp³-hybridized carbons (Fsp3) is 0.300. The highest BCUT2D eigenvalue weighted by Gasteiger charge is 2.05. The minimum Gasteiger partial charge on any atom is -0.364 e. The standard InChI is InChI=1S/C10H13NOS2/c1-11(7-13-2)9-5-3-4-6-10(9)14-8-12/h3-6,8H,7H2,1-2H3. The molecule has 0 unspecified atom stereocenters. The first-order chi connectivity index (χ1) is 6.79. The summed E-state index contributed by atoms with van der Waals surface area (Å²) in [5.41, 5.74) is 1.98. The molecule has 76 valence electrons. The van der Waals surface area contributed by atoms with Crippen LogP contribution in [0.2, 0.25) is 0 Å². The van der Waals surface area contributed by atoms with Crippen LogP contribution in [-0.4, -0.2) is 24.8 Å². The molecule has 4 heteroatoms. The van der Waals surface area contributed by atoms with Crippen molar-refractivity contribution in [3.63, 3.8) is 0 Å². The summed E-state index contributed by atoms with van der Waals surface area (Å²) in [6, 6.07) is 7.93. The van der Waals surface area contributed by atoms with Gasteiger partial charge in [0.1, 0.15) is 0 Å². The molecule has 0 aliphatic carbocycles. The molecule has 1 aromatic carbocycles. The summed E-state index contributed by atoms with van der Waals surface area (Å²) < 4.78 is 0. The van der Waals surface area contributed by atoms with Crippen LogP contribution >= 0.6 is 23.5 Å². The van der Waals surface area contributed by atoms with E-state index in [4.69, 9.17) is 0 Å². The van der Waals surface area contributed by atoms with Crippen molar-refractivity contribution in [2.75, 3.05) is 24.1 Å². The van der Waals surface area contributed by atoms with Crippen molar-refractivity contribution in [2.45, 2.75) is 4.90 Å². The molecule has 0 atom stereocenters. The van der Waals surface area contributed by atoms with Crippen LogP contribution in [0.15, 0.2) is 29.2 Å². The minimum absolute atomic E-state index is 0.867. The van der Waals surface area contributed by atoms with Crippen LogP contribution in [0.1, 0.15) is 0 Å². The first-order valence-electron chi connectivity index (χ1n) is 4.19. The lowest BCUT2D eigenvalue weighted by Crippen LogP contribution is -2.16. The lowest BCUT2D eigenvalue weighted by atomic mass is 10.3. The number of thioether (sulfide) groups is 2. The fourth-order valence-electron chi connectivity index (χ4n) is 1.19. The van der Waals surface area contributed by atoms with E-state index in [1.54, 1.807) is 11.8 Å². The molecule has 0 aliphatic rings. The van der Waals surface area contributed by atoms with E-state index < -0.39 is 0 Å². The lowest BCUT2D eigenvalue weighted by Gasteiger charge is -2.20. The van der Waals surface area contributed by atoms with Gasteiger partial charge < -0.3 is 4.90 Å². The number of para-hydroxylation sites is 1. The molecule has 0 saturated carbocycles. The van der Waals surface area contributed by atoms with Crippen LogP contribution in [0.25, 0.3) is 0 Å². The average Bonchev–Trinajstić information content (AvgIpc) is 2.19. The van der Waals surface area contributed by atoms with E-state index in [0.29, 0.717) is 0 Å². The zero-order valence-corrected chi connectivity index (χ0v) is 9.90. The Morgan fingerprint density at radius 1 is 1.43 bits per heavy atom. The number of carbonyl (C=O) groups excluding carboxylic acids is 1. The van der Waals surface area contributed by atoms with E-state index >= 15 is 0 Å². The van der Waals surface area contributed by atoms with Crippen LogP contribution in [-0.2, 0) is 4.79 Å².